The Balaban J connectivity index is 3.21. The maximum absolute atomic E-state index is 12.7. The quantitative estimate of drug-likeness (QED) is 0.614. The van der Waals surface area contributed by atoms with Crippen LogP contribution in [0.3, 0.4) is 0 Å². The van der Waals surface area contributed by atoms with E-state index in [0.717, 1.165) is 0 Å². The van der Waals surface area contributed by atoms with Crippen molar-refractivity contribution < 1.29 is 23.0 Å². The highest BCUT2D eigenvalue weighted by atomic mass is 35.5. The summed E-state index contributed by atoms with van der Waals surface area (Å²) in [5, 5.41) is 0. The van der Waals surface area contributed by atoms with Crippen molar-refractivity contribution in [3.63, 3.8) is 0 Å². The van der Waals surface area contributed by atoms with E-state index in [1.807, 2.05) is 0 Å². The van der Waals surface area contributed by atoms with E-state index in [-0.39, 0.29) is 23.7 Å². The number of ether oxygens (including phenoxy) is 2. The van der Waals surface area contributed by atoms with Gasteiger partial charge in [0.2, 0.25) is 5.88 Å². The minimum absolute atomic E-state index is 0.0235. The van der Waals surface area contributed by atoms with Gasteiger partial charge in [0.25, 0.3) is 6.43 Å². The van der Waals surface area contributed by atoms with Crippen molar-refractivity contribution in [3.05, 3.63) is 22.9 Å². The third kappa shape index (κ3) is 3.29. The normalized spacial score (nSPS) is 10.6. The summed E-state index contributed by atoms with van der Waals surface area (Å²) in [7, 11) is 2.52. The summed E-state index contributed by atoms with van der Waals surface area (Å²) in [6.07, 6.45) is -2.86. The molecule has 0 aromatic carbocycles. The van der Waals surface area contributed by atoms with E-state index in [1.165, 1.54) is 20.3 Å². The monoisotopic (exact) mass is 279 g/mol. The number of pyridine rings is 1. The van der Waals surface area contributed by atoms with Gasteiger partial charge < -0.3 is 9.47 Å². The van der Waals surface area contributed by atoms with Crippen LogP contribution in [-0.4, -0.2) is 25.2 Å². The predicted octanol–water partition coefficient (Wildman–Crippen LogP) is 2.48. The van der Waals surface area contributed by atoms with Crippen molar-refractivity contribution in [2.24, 2.45) is 0 Å². The van der Waals surface area contributed by atoms with Crippen LogP contribution in [0.5, 0.6) is 5.88 Å². The third-order valence-corrected chi connectivity index (χ3v) is 2.57. The first-order valence-corrected chi connectivity index (χ1v) is 5.54. The molecule has 0 aliphatic carbocycles. The van der Waals surface area contributed by atoms with Gasteiger partial charge in [0.1, 0.15) is 5.69 Å². The Morgan fingerprint density at radius 1 is 1.44 bits per heavy atom. The van der Waals surface area contributed by atoms with Gasteiger partial charge in [-0.05, 0) is 11.6 Å². The van der Waals surface area contributed by atoms with Gasteiger partial charge >= 0.3 is 5.97 Å². The van der Waals surface area contributed by atoms with Crippen molar-refractivity contribution >= 4 is 17.6 Å². The van der Waals surface area contributed by atoms with E-state index in [9.17, 15) is 13.6 Å². The molecule has 4 nitrogen and oxygen atoms in total. The summed E-state index contributed by atoms with van der Waals surface area (Å²) in [6.45, 7) is 0. The summed E-state index contributed by atoms with van der Waals surface area (Å²) in [6, 6.07) is 1.39. The maximum atomic E-state index is 12.7. The molecular weight excluding hydrogens is 268 g/mol. The van der Waals surface area contributed by atoms with Crippen LogP contribution in [0.2, 0.25) is 0 Å². The molecule has 0 fully saturated rings. The summed E-state index contributed by atoms with van der Waals surface area (Å²) in [4.78, 5) is 14.9. The van der Waals surface area contributed by atoms with Crippen LogP contribution in [-0.2, 0) is 21.8 Å². The van der Waals surface area contributed by atoms with Gasteiger partial charge in [0.05, 0.1) is 20.6 Å². The molecule has 0 spiro atoms. The maximum Gasteiger partial charge on any atom is 0.310 e. The number of hydrogen-bond acceptors (Lipinski definition) is 4. The molecule has 0 aliphatic heterocycles. The lowest BCUT2D eigenvalue weighted by atomic mass is 10.1. The SMILES string of the molecule is COC(=O)Cc1cc(CCl)c(C(F)F)nc1OC. The number of hydrogen-bond donors (Lipinski definition) is 0. The minimum Gasteiger partial charge on any atom is -0.481 e. The standard InChI is InChI=1S/C11H12ClF2NO3/c1-17-8(16)4-6-3-7(5-12)9(10(13)14)15-11(6)18-2/h3,10H,4-5H2,1-2H3. The average molecular weight is 280 g/mol. The van der Waals surface area contributed by atoms with Crippen LogP contribution in [0, 0.1) is 0 Å². The van der Waals surface area contributed by atoms with E-state index in [4.69, 9.17) is 16.3 Å². The Morgan fingerprint density at radius 2 is 2.11 bits per heavy atom. The zero-order chi connectivity index (χ0) is 13.7. The second kappa shape index (κ2) is 6.49. The molecular formula is C11H12ClF2NO3. The summed E-state index contributed by atoms with van der Waals surface area (Å²) in [5.74, 6) is -0.657. The number of esters is 1. The molecule has 18 heavy (non-hydrogen) atoms. The molecule has 0 unspecified atom stereocenters. The smallest absolute Gasteiger partial charge is 0.310 e. The van der Waals surface area contributed by atoms with Crippen molar-refractivity contribution in [2.45, 2.75) is 18.7 Å². The van der Waals surface area contributed by atoms with E-state index < -0.39 is 18.1 Å². The number of methoxy groups -OCH3 is 2. The Morgan fingerprint density at radius 3 is 2.56 bits per heavy atom. The zero-order valence-electron chi connectivity index (χ0n) is 9.87. The van der Waals surface area contributed by atoms with E-state index in [2.05, 4.69) is 9.72 Å². The zero-order valence-corrected chi connectivity index (χ0v) is 10.6. The summed E-state index contributed by atoms with van der Waals surface area (Å²) in [5.41, 5.74) is 0.103. The topological polar surface area (TPSA) is 48.4 Å². The van der Waals surface area contributed by atoms with Gasteiger partial charge in [0, 0.05) is 11.4 Å². The molecule has 7 heteroatoms. The Kier molecular flexibility index (Phi) is 5.27. The van der Waals surface area contributed by atoms with Crippen molar-refractivity contribution in [1.29, 1.82) is 0 Å². The highest BCUT2D eigenvalue weighted by Crippen LogP contribution is 2.28. The number of nitrogens with zero attached hydrogens (tertiary/aromatic N) is 1. The average Bonchev–Trinajstić information content (AvgIpc) is 2.37. The van der Waals surface area contributed by atoms with Crippen LogP contribution in [0.15, 0.2) is 6.07 Å². The van der Waals surface area contributed by atoms with Crippen molar-refractivity contribution in [2.75, 3.05) is 14.2 Å². The number of carbonyl (C=O) groups is 1. The Labute approximate surface area is 108 Å². The molecule has 0 bridgehead atoms. The fourth-order valence-corrected chi connectivity index (χ4v) is 1.64. The number of alkyl halides is 3. The summed E-state index contributed by atoms with van der Waals surface area (Å²) < 4.78 is 34.8. The first kappa shape index (κ1) is 14.6. The van der Waals surface area contributed by atoms with E-state index >= 15 is 0 Å². The molecule has 1 aromatic heterocycles. The van der Waals surface area contributed by atoms with E-state index in [0.29, 0.717) is 5.56 Å². The lowest BCUT2D eigenvalue weighted by molar-refractivity contribution is -0.139. The minimum atomic E-state index is -2.75. The molecule has 1 rings (SSSR count). The second-order valence-corrected chi connectivity index (χ2v) is 3.66. The second-order valence-electron chi connectivity index (χ2n) is 3.39. The molecule has 0 amide bonds. The van der Waals surface area contributed by atoms with Gasteiger partial charge in [0.15, 0.2) is 0 Å². The van der Waals surface area contributed by atoms with Crippen LogP contribution < -0.4 is 4.74 Å². The highest BCUT2D eigenvalue weighted by molar-refractivity contribution is 6.17. The fraction of sp³-hybridized carbons (Fsp3) is 0.455. The molecule has 0 atom stereocenters. The molecule has 0 saturated heterocycles. The first-order valence-electron chi connectivity index (χ1n) is 5.01. The molecule has 0 N–H and O–H groups in total. The van der Waals surface area contributed by atoms with Crippen LogP contribution in [0.4, 0.5) is 8.78 Å². The van der Waals surface area contributed by atoms with Gasteiger partial charge in [-0.1, -0.05) is 0 Å². The highest BCUT2D eigenvalue weighted by Gasteiger charge is 2.20. The van der Waals surface area contributed by atoms with Crippen LogP contribution in [0.1, 0.15) is 23.2 Å². The predicted molar refractivity (Wildman–Crippen MR) is 61.0 cm³/mol. The molecule has 0 radical (unpaired) electrons. The molecule has 1 heterocycles. The first-order chi connectivity index (χ1) is 8.53. The lowest BCUT2D eigenvalue weighted by Crippen LogP contribution is -2.09. The number of rotatable bonds is 5. The van der Waals surface area contributed by atoms with Gasteiger partial charge in [-0.25, -0.2) is 13.8 Å². The molecule has 0 aliphatic rings. The van der Waals surface area contributed by atoms with Crippen LogP contribution in [0.25, 0.3) is 0 Å². The molecule has 0 saturated carbocycles. The Hall–Kier alpha value is -1.43. The molecule has 100 valence electrons. The van der Waals surface area contributed by atoms with E-state index in [1.54, 1.807) is 0 Å². The van der Waals surface area contributed by atoms with Gasteiger partial charge in [-0.3, -0.25) is 4.79 Å². The van der Waals surface area contributed by atoms with Crippen LogP contribution >= 0.6 is 11.6 Å². The number of halogens is 3. The largest absolute Gasteiger partial charge is 0.481 e. The van der Waals surface area contributed by atoms with Crippen molar-refractivity contribution in [3.8, 4) is 5.88 Å². The fourth-order valence-electron chi connectivity index (χ4n) is 1.43. The lowest BCUT2D eigenvalue weighted by Gasteiger charge is -2.12. The van der Waals surface area contributed by atoms with Crippen molar-refractivity contribution in [1.82, 2.24) is 4.98 Å². The van der Waals surface area contributed by atoms with Gasteiger partial charge in [-0.15, -0.1) is 11.6 Å². The third-order valence-electron chi connectivity index (χ3n) is 2.28. The number of aromatic nitrogens is 1. The number of carbonyl (C=O) groups excluding carboxylic acids is 1. The van der Waals surface area contributed by atoms with Gasteiger partial charge in [-0.2, -0.15) is 0 Å². The Bertz CT molecular complexity index is 441. The summed E-state index contributed by atoms with van der Waals surface area (Å²) >= 11 is 5.58. The molecule has 1 aromatic rings.